The number of ether oxygens (including phenoxy) is 1. The molecule has 3 rings (SSSR count). The zero-order chi connectivity index (χ0) is 21.2. The maximum Gasteiger partial charge on any atom is 0.426 e. The molecule has 0 aromatic heterocycles. The van der Waals surface area contributed by atoms with Crippen molar-refractivity contribution in [3.8, 4) is 16.9 Å². The minimum Gasteiger partial charge on any atom is -0.429 e. The van der Waals surface area contributed by atoms with E-state index in [1.165, 1.54) is 24.3 Å². The number of hydrogen-bond acceptors (Lipinski definition) is 1. The zero-order valence-corrected chi connectivity index (χ0v) is 15.3. The van der Waals surface area contributed by atoms with Crippen molar-refractivity contribution in [1.82, 2.24) is 0 Å². The van der Waals surface area contributed by atoms with Crippen molar-refractivity contribution in [2.45, 2.75) is 25.9 Å². The first-order valence-electron chi connectivity index (χ1n) is 8.82. The van der Waals surface area contributed by atoms with Gasteiger partial charge in [-0.05, 0) is 41.8 Å². The van der Waals surface area contributed by atoms with E-state index in [0.29, 0.717) is 25.0 Å². The van der Waals surface area contributed by atoms with E-state index in [0.717, 1.165) is 18.2 Å². The van der Waals surface area contributed by atoms with Crippen LogP contribution in [0.2, 0.25) is 0 Å². The molecule has 0 heterocycles. The Morgan fingerprint density at radius 3 is 2.10 bits per heavy atom. The Kier molecular flexibility index (Phi) is 5.86. The Morgan fingerprint density at radius 2 is 1.48 bits per heavy atom. The lowest BCUT2D eigenvalue weighted by Gasteiger charge is -2.19. The van der Waals surface area contributed by atoms with E-state index >= 15 is 0 Å². The third kappa shape index (κ3) is 4.39. The highest BCUT2D eigenvalue weighted by molar-refractivity contribution is 5.65. The molecule has 0 fully saturated rings. The average Bonchev–Trinajstić information content (AvgIpc) is 2.69. The molecule has 0 N–H and O–H groups in total. The lowest BCUT2D eigenvalue weighted by atomic mass is 9.99. The molecule has 0 atom stereocenters. The summed E-state index contributed by atoms with van der Waals surface area (Å²) in [5.74, 6) is -5.08. The van der Waals surface area contributed by atoms with Gasteiger partial charge in [-0.15, -0.1) is 0 Å². The monoisotopic (exact) mass is 410 g/mol. The molecule has 29 heavy (non-hydrogen) atoms. The van der Waals surface area contributed by atoms with Crippen LogP contribution in [-0.4, -0.2) is 0 Å². The third-order valence-corrected chi connectivity index (χ3v) is 4.35. The minimum absolute atomic E-state index is 0.0567. The quantitative estimate of drug-likeness (QED) is 0.398. The van der Waals surface area contributed by atoms with Gasteiger partial charge in [-0.1, -0.05) is 37.6 Å². The van der Waals surface area contributed by atoms with Gasteiger partial charge in [0.1, 0.15) is 5.75 Å². The van der Waals surface area contributed by atoms with Crippen LogP contribution >= 0.6 is 0 Å². The fourth-order valence-electron chi connectivity index (χ4n) is 2.87. The van der Waals surface area contributed by atoms with Crippen LogP contribution in [0.15, 0.2) is 54.6 Å². The van der Waals surface area contributed by atoms with Gasteiger partial charge in [-0.3, -0.25) is 0 Å². The third-order valence-electron chi connectivity index (χ3n) is 4.35. The number of rotatable bonds is 6. The first-order valence-corrected chi connectivity index (χ1v) is 8.82. The Labute approximate surface area is 163 Å². The SMILES string of the molecule is CCCc1ccc(-c2ccc(C(F)(F)Oc3ccc(F)c(F)c3)cc2)c(F)c1F. The van der Waals surface area contributed by atoms with Crippen molar-refractivity contribution >= 4 is 0 Å². The topological polar surface area (TPSA) is 9.23 Å². The van der Waals surface area contributed by atoms with Crippen molar-refractivity contribution in [3.63, 3.8) is 0 Å². The summed E-state index contributed by atoms with van der Waals surface area (Å²) in [6.45, 7) is 1.84. The Morgan fingerprint density at radius 1 is 0.793 bits per heavy atom. The van der Waals surface area contributed by atoms with Gasteiger partial charge in [-0.2, -0.15) is 8.78 Å². The minimum atomic E-state index is -3.85. The molecule has 0 saturated heterocycles. The van der Waals surface area contributed by atoms with E-state index in [4.69, 9.17) is 0 Å². The van der Waals surface area contributed by atoms with Crippen LogP contribution in [0.3, 0.4) is 0 Å². The van der Waals surface area contributed by atoms with Gasteiger partial charge in [0, 0.05) is 11.6 Å². The first kappa shape index (κ1) is 20.8. The fourth-order valence-corrected chi connectivity index (χ4v) is 2.87. The van der Waals surface area contributed by atoms with Crippen molar-refractivity contribution in [2.75, 3.05) is 0 Å². The summed E-state index contributed by atoms with van der Waals surface area (Å²) in [4.78, 5) is 0. The summed E-state index contributed by atoms with van der Waals surface area (Å²) < 4.78 is 87.7. The molecule has 0 aliphatic carbocycles. The van der Waals surface area contributed by atoms with Crippen LogP contribution in [0.5, 0.6) is 5.75 Å². The van der Waals surface area contributed by atoms with E-state index < -0.39 is 40.7 Å². The Bertz CT molecular complexity index is 1010. The van der Waals surface area contributed by atoms with Crippen LogP contribution in [-0.2, 0) is 12.5 Å². The van der Waals surface area contributed by atoms with Gasteiger partial charge in [-0.25, -0.2) is 17.6 Å². The highest BCUT2D eigenvalue weighted by Crippen LogP contribution is 2.34. The van der Waals surface area contributed by atoms with Crippen molar-refractivity contribution in [2.24, 2.45) is 0 Å². The molecule has 0 bridgehead atoms. The first-order chi connectivity index (χ1) is 13.7. The molecule has 1 nitrogen and oxygen atoms in total. The Balaban J connectivity index is 1.85. The predicted molar refractivity (Wildman–Crippen MR) is 96.7 cm³/mol. The largest absolute Gasteiger partial charge is 0.429 e. The fraction of sp³-hybridized carbons (Fsp3) is 0.182. The van der Waals surface area contributed by atoms with Crippen molar-refractivity contribution in [3.05, 3.63) is 89.0 Å². The van der Waals surface area contributed by atoms with E-state index in [2.05, 4.69) is 4.74 Å². The van der Waals surface area contributed by atoms with Gasteiger partial charge < -0.3 is 4.74 Å². The highest BCUT2D eigenvalue weighted by Gasteiger charge is 2.34. The molecule has 0 amide bonds. The summed E-state index contributed by atoms with van der Waals surface area (Å²) in [5.41, 5.74) is -0.193. The second-order valence-corrected chi connectivity index (χ2v) is 6.42. The molecule has 0 spiro atoms. The van der Waals surface area contributed by atoms with E-state index in [1.54, 1.807) is 0 Å². The number of benzene rings is 3. The van der Waals surface area contributed by atoms with Crippen LogP contribution in [0.1, 0.15) is 24.5 Å². The number of hydrogen-bond donors (Lipinski definition) is 0. The maximum atomic E-state index is 14.3. The maximum absolute atomic E-state index is 14.3. The molecule has 3 aromatic rings. The summed E-state index contributed by atoms with van der Waals surface area (Å²) in [6, 6.07) is 9.30. The zero-order valence-electron chi connectivity index (χ0n) is 15.3. The molecule has 0 radical (unpaired) electrons. The standard InChI is InChI=1S/C22H16F6O/c1-2-3-14-6-10-17(21(26)20(14)25)13-4-7-15(8-5-13)22(27,28)29-16-9-11-18(23)19(24)12-16/h4-12H,2-3H2,1H3. The normalized spacial score (nSPS) is 11.6. The van der Waals surface area contributed by atoms with E-state index in [9.17, 15) is 26.3 Å². The molecule has 0 aliphatic heterocycles. The summed E-state index contributed by atoms with van der Waals surface area (Å²) in [7, 11) is 0. The molecular weight excluding hydrogens is 394 g/mol. The second kappa shape index (κ2) is 8.19. The molecule has 7 heteroatoms. The average molecular weight is 410 g/mol. The molecule has 3 aromatic carbocycles. The molecule has 0 saturated carbocycles. The van der Waals surface area contributed by atoms with Crippen LogP contribution in [0.4, 0.5) is 26.3 Å². The summed E-state index contributed by atoms with van der Waals surface area (Å²) in [5, 5.41) is 0. The van der Waals surface area contributed by atoms with Gasteiger partial charge >= 0.3 is 6.11 Å². The molecule has 0 unspecified atom stereocenters. The lowest BCUT2D eigenvalue weighted by molar-refractivity contribution is -0.185. The van der Waals surface area contributed by atoms with Crippen molar-refractivity contribution < 1.29 is 31.1 Å². The molecule has 0 aliphatic rings. The van der Waals surface area contributed by atoms with Crippen LogP contribution in [0.25, 0.3) is 11.1 Å². The van der Waals surface area contributed by atoms with Crippen LogP contribution < -0.4 is 4.74 Å². The number of aryl methyl sites for hydroxylation is 1. The van der Waals surface area contributed by atoms with E-state index in [1.807, 2.05) is 6.92 Å². The van der Waals surface area contributed by atoms with Gasteiger partial charge in [0.25, 0.3) is 0 Å². The number of alkyl halides is 2. The smallest absolute Gasteiger partial charge is 0.426 e. The molecule has 152 valence electrons. The summed E-state index contributed by atoms with van der Waals surface area (Å²) >= 11 is 0. The number of halogens is 6. The molecular formula is C22H16F6O. The van der Waals surface area contributed by atoms with Crippen molar-refractivity contribution in [1.29, 1.82) is 0 Å². The Hall–Kier alpha value is -2.96. The van der Waals surface area contributed by atoms with Crippen LogP contribution in [0, 0.1) is 23.3 Å². The van der Waals surface area contributed by atoms with Gasteiger partial charge in [0.05, 0.1) is 5.56 Å². The second-order valence-electron chi connectivity index (χ2n) is 6.42. The predicted octanol–water partition coefficient (Wildman–Crippen LogP) is 6.99. The van der Waals surface area contributed by atoms with E-state index in [-0.39, 0.29) is 16.7 Å². The lowest BCUT2D eigenvalue weighted by Crippen LogP contribution is -2.21. The summed E-state index contributed by atoms with van der Waals surface area (Å²) in [6.07, 6.45) is -2.81. The van der Waals surface area contributed by atoms with Gasteiger partial charge in [0.2, 0.25) is 0 Å². The highest BCUT2D eigenvalue weighted by atomic mass is 19.3. The van der Waals surface area contributed by atoms with Gasteiger partial charge in [0.15, 0.2) is 23.3 Å².